The monoisotopic (exact) mass is 333 g/mol. The first-order valence-corrected chi connectivity index (χ1v) is 7.77. The molecule has 0 bridgehead atoms. The Kier molecular flexibility index (Phi) is 6.32. The molecule has 1 atom stereocenters. The molecule has 0 aromatic carbocycles. The van der Waals surface area contributed by atoms with Crippen molar-refractivity contribution < 1.29 is 9.90 Å². The second-order valence-electron chi connectivity index (χ2n) is 4.69. The van der Waals surface area contributed by atoms with Crippen LogP contribution in [0.5, 0.6) is 0 Å². The fraction of sp³-hybridized carbons (Fsp3) is 0.615. The SMILES string of the molecule is CCC(C)(O)CNC(=O)CCCc1ccc(Br)s1. The Morgan fingerprint density at radius 3 is 2.83 bits per heavy atom. The Balaban J connectivity index is 2.18. The van der Waals surface area contributed by atoms with Gasteiger partial charge in [0.05, 0.1) is 9.39 Å². The summed E-state index contributed by atoms with van der Waals surface area (Å²) in [7, 11) is 0. The van der Waals surface area contributed by atoms with Crippen LogP contribution in [0.2, 0.25) is 0 Å². The van der Waals surface area contributed by atoms with Crippen LogP contribution in [-0.4, -0.2) is 23.2 Å². The normalized spacial score (nSPS) is 14.2. The maximum Gasteiger partial charge on any atom is 0.220 e. The van der Waals surface area contributed by atoms with Gasteiger partial charge in [0.2, 0.25) is 5.91 Å². The van der Waals surface area contributed by atoms with Crippen LogP contribution >= 0.6 is 27.3 Å². The molecule has 0 spiro atoms. The minimum absolute atomic E-state index is 0.0133. The van der Waals surface area contributed by atoms with Gasteiger partial charge in [0, 0.05) is 17.8 Å². The average molecular weight is 334 g/mol. The van der Waals surface area contributed by atoms with Crippen LogP contribution < -0.4 is 5.32 Å². The van der Waals surface area contributed by atoms with E-state index in [2.05, 4.69) is 27.3 Å². The fourth-order valence-corrected chi connectivity index (χ4v) is 2.94. The third-order valence-corrected chi connectivity index (χ3v) is 4.57. The number of hydrogen-bond donors (Lipinski definition) is 2. The number of carbonyl (C=O) groups is 1. The lowest BCUT2D eigenvalue weighted by molar-refractivity contribution is -0.122. The van der Waals surface area contributed by atoms with Crippen LogP contribution in [-0.2, 0) is 11.2 Å². The van der Waals surface area contributed by atoms with Gasteiger partial charge in [-0.15, -0.1) is 11.3 Å². The number of carbonyl (C=O) groups excluding carboxylic acids is 1. The van der Waals surface area contributed by atoms with Gasteiger partial charge in [0.25, 0.3) is 0 Å². The van der Waals surface area contributed by atoms with Crippen molar-refractivity contribution in [2.24, 2.45) is 0 Å². The zero-order valence-corrected chi connectivity index (χ0v) is 13.2. The molecule has 5 heteroatoms. The third-order valence-electron chi connectivity index (χ3n) is 2.88. The molecule has 0 saturated heterocycles. The van der Waals surface area contributed by atoms with Gasteiger partial charge < -0.3 is 10.4 Å². The smallest absolute Gasteiger partial charge is 0.220 e. The first-order chi connectivity index (χ1) is 8.43. The lowest BCUT2D eigenvalue weighted by Crippen LogP contribution is -2.40. The zero-order chi connectivity index (χ0) is 13.6. The van der Waals surface area contributed by atoms with Gasteiger partial charge in [-0.3, -0.25) is 4.79 Å². The standard InChI is InChI=1S/C13H20BrNO2S/c1-3-13(2,17)9-15-12(16)6-4-5-10-7-8-11(14)18-10/h7-8,17H,3-6,9H2,1-2H3,(H,15,16). The third kappa shape index (κ3) is 5.98. The van der Waals surface area contributed by atoms with Gasteiger partial charge in [0.15, 0.2) is 0 Å². The molecule has 0 saturated carbocycles. The van der Waals surface area contributed by atoms with Gasteiger partial charge in [-0.25, -0.2) is 0 Å². The van der Waals surface area contributed by atoms with E-state index in [9.17, 15) is 9.90 Å². The van der Waals surface area contributed by atoms with Crippen LogP contribution in [0.15, 0.2) is 15.9 Å². The Morgan fingerprint density at radius 1 is 1.56 bits per heavy atom. The van der Waals surface area contributed by atoms with Crippen molar-refractivity contribution in [1.29, 1.82) is 0 Å². The van der Waals surface area contributed by atoms with Gasteiger partial charge in [-0.05, 0) is 54.2 Å². The van der Waals surface area contributed by atoms with E-state index in [0.29, 0.717) is 19.4 Å². The Bertz CT molecular complexity index is 390. The highest BCUT2D eigenvalue weighted by Gasteiger charge is 2.17. The molecular weight excluding hydrogens is 314 g/mol. The van der Waals surface area contributed by atoms with Crippen molar-refractivity contribution >= 4 is 33.2 Å². The maximum atomic E-state index is 11.6. The first kappa shape index (κ1) is 15.7. The second-order valence-corrected chi connectivity index (χ2v) is 7.23. The molecule has 102 valence electrons. The second kappa shape index (κ2) is 7.26. The molecule has 2 N–H and O–H groups in total. The van der Waals surface area contributed by atoms with Crippen LogP contribution in [0.3, 0.4) is 0 Å². The summed E-state index contributed by atoms with van der Waals surface area (Å²) in [4.78, 5) is 12.9. The largest absolute Gasteiger partial charge is 0.388 e. The molecule has 1 rings (SSSR count). The van der Waals surface area contributed by atoms with E-state index < -0.39 is 5.60 Å². The Labute approximate surface area is 121 Å². The molecule has 3 nitrogen and oxygen atoms in total. The van der Waals surface area contributed by atoms with E-state index >= 15 is 0 Å². The molecule has 1 aromatic rings. The highest BCUT2D eigenvalue weighted by molar-refractivity contribution is 9.11. The molecule has 0 fully saturated rings. The van der Waals surface area contributed by atoms with E-state index in [1.807, 2.05) is 13.0 Å². The summed E-state index contributed by atoms with van der Waals surface area (Å²) in [6.45, 7) is 3.96. The molecule has 0 aliphatic heterocycles. The van der Waals surface area contributed by atoms with Crippen molar-refractivity contribution in [2.75, 3.05) is 6.54 Å². The number of rotatable bonds is 7. The van der Waals surface area contributed by atoms with Crippen LogP contribution in [0.1, 0.15) is 38.0 Å². The van der Waals surface area contributed by atoms with Crippen molar-refractivity contribution in [3.8, 4) is 0 Å². The van der Waals surface area contributed by atoms with Crippen molar-refractivity contribution in [2.45, 2.75) is 45.1 Å². The van der Waals surface area contributed by atoms with Gasteiger partial charge in [-0.1, -0.05) is 6.92 Å². The van der Waals surface area contributed by atoms with Crippen molar-refractivity contribution in [3.05, 3.63) is 20.8 Å². The highest BCUT2D eigenvalue weighted by atomic mass is 79.9. The molecule has 0 aliphatic carbocycles. The molecular formula is C13H20BrNO2S. The van der Waals surface area contributed by atoms with Crippen LogP contribution in [0, 0.1) is 0 Å². The lowest BCUT2D eigenvalue weighted by Gasteiger charge is -2.21. The van der Waals surface area contributed by atoms with Gasteiger partial charge in [0.1, 0.15) is 0 Å². The van der Waals surface area contributed by atoms with Gasteiger partial charge >= 0.3 is 0 Å². The highest BCUT2D eigenvalue weighted by Crippen LogP contribution is 2.23. The average Bonchev–Trinajstić information content (AvgIpc) is 2.73. The molecule has 0 aliphatic rings. The molecule has 18 heavy (non-hydrogen) atoms. The summed E-state index contributed by atoms with van der Waals surface area (Å²) in [5.41, 5.74) is -0.797. The molecule has 1 unspecified atom stereocenters. The Morgan fingerprint density at radius 2 is 2.28 bits per heavy atom. The summed E-state index contributed by atoms with van der Waals surface area (Å²) < 4.78 is 1.13. The van der Waals surface area contributed by atoms with Crippen molar-refractivity contribution in [3.63, 3.8) is 0 Å². The minimum Gasteiger partial charge on any atom is -0.388 e. The maximum absolute atomic E-state index is 11.6. The van der Waals surface area contributed by atoms with E-state index in [1.54, 1.807) is 18.3 Å². The number of halogens is 1. The van der Waals surface area contributed by atoms with Gasteiger partial charge in [-0.2, -0.15) is 0 Å². The molecule has 1 heterocycles. The molecule has 1 aromatic heterocycles. The fourth-order valence-electron chi connectivity index (χ4n) is 1.41. The van der Waals surface area contributed by atoms with E-state index in [4.69, 9.17) is 0 Å². The summed E-state index contributed by atoms with van der Waals surface area (Å²) in [5.74, 6) is 0.0133. The number of thiophene rings is 1. The Hall–Kier alpha value is -0.390. The van der Waals surface area contributed by atoms with E-state index in [-0.39, 0.29) is 5.91 Å². The van der Waals surface area contributed by atoms with Crippen molar-refractivity contribution in [1.82, 2.24) is 5.32 Å². The predicted octanol–water partition coefficient (Wildman–Crippen LogP) is 3.11. The predicted molar refractivity (Wildman–Crippen MR) is 78.9 cm³/mol. The lowest BCUT2D eigenvalue weighted by atomic mass is 10.0. The van der Waals surface area contributed by atoms with E-state index in [1.165, 1.54) is 4.88 Å². The minimum atomic E-state index is -0.797. The molecule has 0 radical (unpaired) electrons. The number of nitrogens with one attached hydrogen (secondary N) is 1. The summed E-state index contributed by atoms with van der Waals surface area (Å²) in [6, 6.07) is 4.10. The van der Waals surface area contributed by atoms with Crippen LogP contribution in [0.4, 0.5) is 0 Å². The van der Waals surface area contributed by atoms with Crippen LogP contribution in [0.25, 0.3) is 0 Å². The number of amides is 1. The number of aliphatic hydroxyl groups is 1. The molecule has 1 amide bonds. The quantitative estimate of drug-likeness (QED) is 0.805. The zero-order valence-electron chi connectivity index (χ0n) is 10.8. The van der Waals surface area contributed by atoms with E-state index in [0.717, 1.165) is 16.6 Å². The summed E-state index contributed by atoms with van der Waals surface area (Å²) in [6.07, 6.45) is 2.91. The number of hydrogen-bond acceptors (Lipinski definition) is 3. The number of aryl methyl sites for hydroxylation is 1. The summed E-state index contributed by atoms with van der Waals surface area (Å²) >= 11 is 5.12. The summed E-state index contributed by atoms with van der Waals surface area (Å²) in [5, 5.41) is 12.5. The first-order valence-electron chi connectivity index (χ1n) is 6.16. The topological polar surface area (TPSA) is 49.3 Å².